The maximum atomic E-state index is 13.9. The Kier molecular flexibility index (Phi) is 8.83. The predicted octanol–water partition coefficient (Wildman–Crippen LogP) is 4.17. The lowest BCUT2D eigenvalue weighted by atomic mass is 10.0. The van der Waals surface area contributed by atoms with Gasteiger partial charge in [-0.2, -0.15) is 0 Å². The molecule has 40 heavy (non-hydrogen) atoms. The number of ether oxygens (including phenoxy) is 1. The molecule has 2 aromatic carbocycles. The van der Waals surface area contributed by atoms with Crippen molar-refractivity contribution in [3.8, 4) is 11.4 Å². The third-order valence-corrected chi connectivity index (χ3v) is 6.69. The molecule has 1 unspecified atom stereocenters. The van der Waals surface area contributed by atoms with Gasteiger partial charge in [0.25, 0.3) is 17.5 Å². The van der Waals surface area contributed by atoms with Crippen molar-refractivity contribution in [1.82, 2.24) is 19.8 Å². The SMILES string of the molecule is CCCc1nc(-c2ccccc2)nc(C(=O)N2CCN(C(=O)c3ccc([N+](=O)[O-])cc3)C(C)C2)c1C(=O)OCC. The van der Waals surface area contributed by atoms with Gasteiger partial charge in [-0.1, -0.05) is 43.7 Å². The van der Waals surface area contributed by atoms with Crippen molar-refractivity contribution in [3.63, 3.8) is 0 Å². The zero-order valence-electron chi connectivity index (χ0n) is 22.7. The summed E-state index contributed by atoms with van der Waals surface area (Å²) in [6.07, 6.45) is 1.16. The average molecular weight is 546 g/mol. The Labute approximate surface area is 231 Å². The van der Waals surface area contributed by atoms with Crippen LogP contribution in [0.25, 0.3) is 11.4 Å². The number of nitrogens with zero attached hydrogens (tertiary/aromatic N) is 5. The van der Waals surface area contributed by atoms with Gasteiger partial charge in [0.2, 0.25) is 0 Å². The van der Waals surface area contributed by atoms with E-state index in [4.69, 9.17) is 4.74 Å². The van der Waals surface area contributed by atoms with Gasteiger partial charge in [0, 0.05) is 48.9 Å². The molecule has 0 radical (unpaired) electrons. The van der Waals surface area contributed by atoms with Crippen LogP contribution < -0.4 is 0 Å². The number of amides is 2. The van der Waals surface area contributed by atoms with Gasteiger partial charge in [0.15, 0.2) is 5.82 Å². The first-order chi connectivity index (χ1) is 19.2. The second-order valence-corrected chi connectivity index (χ2v) is 9.46. The summed E-state index contributed by atoms with van der Waals surface area (Å²) in [7, 11) is 0. The normalized spacial score (nSPS) is 15.0. The van der Waals surface area contributed by atoms with E-state index in [1.807, 2.05) is 44.2 Å². The summed E-state index contributed by atoms with van der Waals surface area (Å²) in [5.41, 5.74) is 1.46. The van der Waals surface area contributed by atoms with Crippen LogP contribution in [0.2, 0.25) is 0 Å². The van der Waals surface area contributed by atoms with E-state index in [1.54, 1.807) is 16.7 Å². The van der Waals surface area contributed by atoms with E-state index in [1.165, 1.54) is 24.3 Å². The highest BCUT2D eigenvalue weighted by Crippen LogP contribution is 2.24. The number of carbonyl (C=O) groups excluding carboxylic acids is 3. The van der Waals surface area contributed by atoms with Crippen LogP contribution in [0.4, 0.5) is 5.69 Å². The van der Waals surface area contributed by atoms with Crippen LogP contribution in [-0.4, -0.2) is 74.8 Å². The predicted molar refractivity (Wildman–Crippen MR) is 147 cm³/mol. The maximum Gasteiger partial charge on any atom is 0.342 e. The molecule has 0 spiro atoms. The number of aryl methyl sites for hydroxylation is 1. The van der Waals surface area contributed by atoms with Gasteiger partial charge in [-0.05, 0) is 32.4 Å². The molecule has 1 atom stereocenters. The molecule has 4 rings (SSSR count). The van der Waals surface area contributed by atoms with E-state index in [0.29, 0.717) is 29.9 Å². The second-order valence-electron chi connectivity index (χ2n) is 9.46. The van der Waals surface area contributed by atoms with Crippen LogP contribution >= 0.6 is 0 Å². The topological polar surface area (TPSA) is 136 Å². The molecule has 1 fully saturated rings. The van der Waals surface area contributed by atoms with Crippen LogP contribution in [0.3, 0.4) is 0 Å². The minimum atomic E-state index is -0.644. The van der Waals surface area contributed by atoms with Gasteiger partial charge in [0.05, 0.1) is 17.2 Å². The molecule has 2 heterocycles. The number of non-ortho nitro benzene ring substituents is 1. The maximum absolute atomic E-state index is 13.9. The van der Waals surface area contributed by atoms with Crippen LogP contribution in [0.5, 0.6) is 0 Å². The van der Waals surface area contributed by atoms with Gasteiger partial charge >= 0.3 is 5.97 Å². The summed E-state index contributed by atoms with van der Waals surface area (Å²) < 4.78 is 5.30. The second kappa shape index (κ2) is 12.5. The van der Waals surface area contributed by atoms with Gasteiger partial charge in [0.1, 0.15) is 11.3 Å². The standard InChI is InChI=1S/C29H31N5O6/c1-4-9-23-24(29(37)40-5-2)25(31-26(30-23)20-10-7-6-8-11-20)28(36)32-16-17-33(19(3)18-32)27(35)21-12-14-22(15-13-21)34(38)39/h6-8,10-15,19H,4-5,9,16-18H2,1-3H3. The molecule has 0 aliphatic carbocycles. The van der Waals surface area contributed by atoms with Crippen LogP contribution in [0, 0.1) is 10.1 Å². The van der Waals surface area contributed by atoms with Crippen molar-refractivity contribution in [2.75, 3.05) is 26.2 Å². The number of rotatable bonds is 8. The minimum Gasteiger partial charge on any atom is -0.462 e. The minimum absolute atomic E-state index is 0.0156. The molecule has 11 heteroatoms. The van der Waals surface area contributed by atoms with Gasteiger partial charge in [-0.15, -0.1) is 0 Å². The average Bonchev–Trinajstić information content (AvgIpc) is 2.96. The van der Waals surface area contributed by atoms with Crippen molar-refractivity contribution in [2.24, 2.45) is 0 Å². The van der Waals surface area contributed by atoms with Crippen molar-refractivity contribution in [2.45, 2.75) is 39.7 Å². The smallest absolute Gasteiger partial charge is 0.342 e. The highest BCUT2D eigenvalue weighted by molar-refractivity contribution is 6.05. The fourth-order valence-electron chi connectivity index (χ4n) is 4.70. The number of hydrogen-bond acceptors (Lipinski definition) is 8. The van der Waals surface area contributed by atoms with E-state index in [0.717, 1.165) is 5.56 Å². The Morgan fingerprint density at radius 1 is 1.00 bits per heavy atom. The number of benzene rings is 2. The quantitative estimate of drug-likeness (QED) is 0.234. The first kappa shape index (κ1) is 28.3. The molecule has 11 nitrogen and oxygen atoms in total. The van der Waals surface area contributed by atoms with Gasteiger partial charge in [-0.25, -0.2) is 14.8 Å². The molecule has 0 bridgehead atoms. The summed E-state index contributed by atoms with van der Waals surface area (Å²) in [4.78, 5) is 63.0. The highest BCUT2D eigenvalue weighted by Gasteiger charge is 2.34. The van der Waals surface area contributed by atoms with E-state index < -0.39 is 16.8 Å². The monoisotopic (exact) mass is 545 g/mol. The zero-order valence-corrected chi connectivity index (χ0v) is 22.7. The fraction of sp³-hybridized carbons (Fsp3) is 0.345. The van der Waals surface area contributed by atoms with Crippen LogP contribution in [-0.2, 0) is 11.2 Å². The van der Waals surface area contributed by atoms with E-state index >= 15 is 0 Å². The van der Waals surface area contributed by atoms with E-state index in [2.05, 4.69) is 9.97 Å². The Bertz CT molecular complexity index is 1410. The molecule has 0 saturated carbocycles. The molecule has 1 aromatic heterocycles. The Morgan fingerprint density at radius 2 is 1.70 bits per heavy atom. The molecule has 1 aliphatic heterocycles. The van der Waals surface area contributed by atoms with Gasteiger partial charge < -0.3 is 14.5 Å². The summed E-state index contributed by atoms with van der Waals surface area (Å²) in [6, 6.07) is 14.3. The molecular weight excluding hydrogens is 514 g/mol. The number of carbonyl (C=O) groups is 3. The zero-order chi connectivity index (χ0) is 28.8. The highest BCUT2D eigenvalue weighted by atomic mass is 16.6. The number of aromatic nitrogens is 2. The lowest BCUT2D eigenvalue weighted by molar-refractivity contribution is -0.384. The number of hydrogen-bond donors (Lipinski definition) is 0. The Balaban J connectivity index is 1.64. The van der Waals surface area contributed by atoms with Crippen molar-refractivity contribution in [3.05, 3.63) is 87.2 Å². The number of nitro benzene ring substituents is 1. The molecule has 1 aliphatic rings. The first-order valence-corrected chi connectivity index (χ1v) is 13.2. The van der Waals surface area contributed by atoms with Gasteiger partial charge in [-0.3, -0.25) is 19.7 Å². The lowest BCUT2D eigenvalue weighted by Gasteiger charge is -2.40. The van der Waals surface area contributed by atoms with E-state index in [9.17, 15) is 24.5 Å². The Morgan fingerprint density at radius 3 is 2.30 bits per heavy atom. The summed E-state index contributed by atoms with van der Waals surface area (Å²) in [5.74, 6) is -1.01. The fourth-order valence-corrected chi connectivity index (χ4v) is 4.70. The first-order valence-electron chi connectivity index (χ1n) is 13.2. The molecule has 0 N–H and O–H groups in total. The third-order valence-electron chi connectivity index (χ3n) is 6.69. The number of esters is 1. The van der Waals surface area contributed by atoms with Crippen molar-refractivity contribution < 1.29 is 24.0 Å². The Hall–Kier alpha value is -4.67. The summed E-state index contributed by atoms with van der Waals surface area (Å²) in [5, 5.41) is 10.9. The lowest BCUT2D eigenvalue weighted by Crippen LogP contribution is -2.55. The van der Waals surface area contributed by atoms with Crippen LogP contribution in [0.1, 0.15) is 64.1 Å². The molecule has 208 valence electrons. The third kappa shape index (κ3) is 5.98. The van der Waals surface area contributed by atoms with E-state index in [-0.39, 0.29) is 55.1 Å². The molecule has 1 saturated heterocycles. The summed E-state index contributed by atoms with van der Waals surface area (Å²) in [6.45, 7) is 6.30. The molecular formula is C29H31N5O6. The molecule has 3 aromatic rings. The largest absolute Gasteiger partial charge is 0.462 e. The molecule has 2 amide bonds. The number of piperazine rings is 1. The van der Waals surface area contributed by atoms with Crippen LogP contribution in [0.15, 0.2) is 54.6 Å². The van der Waals surface area contributed by atoms with Crippen molar-refractivity contribution in [1.29, 1.82) is 0 Å². The van der Waals surface area contributed by atoms with Crippen molar-refractivity contribution >= 4 is 23.5 Å². The number of nitro groups is 1. The summed E-state index contributed by atoms with van der Waals surface area (Å²) >= 11 is 0.